The second kappa shape index (κ2) is 10.4. The second-order valence-corrected chi connectivity index (χ2v) is 10.3. The van der Waals surface area contributed by atoms with Gasteiger partial charge in [-0.1, -0.05) is 55.8 Å². The molecule has 2 atom stereocenters. The summed E-state index contributed by atoms with van der Waals surface area (Å²) in [6.07, 6.45) is 3.32. The Bertz CT molecular complexity index is 1750. The molecule has 1 aliphatic carbocycles. The molecule has 5 aromatic rings. The number of nitrogens with one attached hydrogen (secondary N) is 2. The number of fused-ring (bicyclic) bond motifs is 1. The minimum atomic E-state index is -0.532. The zero-order chi connectivity index (χ0) is 27.8. The van der Waals surface area contributed by atoms with Crippen LogP contribution in [0.25, 0.3) is 22.3 Å². The predicted octanol–water partition coefficient (Wildman–Crippen LogP) is 5.43. The second-order valence-electron chi connectivity index (χ2n) is 10.3. The predicted molar refractivity (Wildman–Crippen MR) is 153 cm³/mol. The smallest absolute Gasteiger partial charge is 0.268 e. The van der Waals surface area contributed by atoms with E-state index in [9.17, 15) is 14.3 Å². The molecule has 3 heterocycles. The first-order valence-corrected chi connectivity index (χ1v) is 13.4. The van der Waals surface area contributed by atoms with Gasteiger partial charge >= 0.3 is 0 Å². The molecule has 3 aromatic heterocycles. The van der Waals surface area contributed by atoms with Crippen molar-refractivity contribution in [1.29, 1.82) is 0 Å². The van der Waals surface area contributed by atoms with Crippen LogP contribution in [0, 0.1) is 11.9 Å². The van der Waals surface area contributed by atoms with Gasteiger partial charge in [-0.25, -0.2) is 9.67 Å². The molecule has 0 spiro atoms. The Labute approximate surface area is 230 Å². The van der Waals surface area contributed by atoms with E-state index < -0.39 is 5.95 Å². The lowest BCUT2D eigenvalue weighted by atomic mass is 10.1. The van der Waals surface area contributed by atoms with E-state index in [0.717, 1.165) is 30.4 Å². The van der Waals surface area contributed by atoms with Crippen molar-refractivity contribution in [2.24, 2.45) is 13.0 Å². The highest BCUT2D eigenvalue weighted by atomic mass is 19.1. The molecule has 0 radical (unpaired) electrons. The number of halogens is 1. The number of anilines is 3. The lowest BCUT2D eigenvalue weighted by Crippen LogP contribution is -2.29. The van der Waals surface area contributed by atoms with Crippen molar-refractivity contribution in [3.63, 3.8) is 0 Å². The molecule has 10 heteroatoms. The van der Waals surface area contributed by atoms with Crippen molar-refractivity contribution >= 4 is 28.5 Å². The summed E-state index contributed by atoms with van der Waals surface area (Å²) < 4.78 is 16.8. The minimum absolute atomic E-state index is 0.0497. The molecule has 0 amide bonds. The van der Waals surface area contributed by atoms with Gasteiger partial charge in [0.05, 0.1) is 17.9 Å². The molecule has 40 heavy (non-hydrogen) atoms. The first-order chi connectivity index (χ1) is 19.4. The van der Waals surface area contributed by atoms with Gasteiger partial charge < -0.3 is 15.7 Å². The number of para-hydroxylation sites is 2. The zero-order valence-electron chi connectivity index (χ0n) is 22.3. The largest absolute Gasteiger partial charge is 0.506 e. The van der Waals surface area contributed by atoms with Crippen molar-refractivity contribution in [3.8, 4) is 17.0 Å². The van der Waals surface area contributed by atoms with Gasteiger partial charge in [0.25, 0.3) is 5.56 Å². The van der Waals surface area contributed by atoms with E-state index in [4.69, 9.17) is 10.1 Å². The van der Waals surface area contributed by atoms with Crippen LogP contribution in [0.3, 0.4) is 0 Å². The highest BCUT2D eigenvalue weighted by Crippen LogP contribution is 2.31. The summed E-state index contributed by atoms with van der Waals surface area (Å²) >= 11 is 0. The zero-order valence-corrected chi connectivity index (χ0v) is 22.3. The maximum atomic E-state index is 13.7. The lowest BCUT2D eigenvalue weighted by molar-refractivity contribution is 0.477. The molecule has 3 N–H and O–H groups in total. The van der Waals surface area contributed by atoms with Gasteiger partial charge in [-0.05, 0) is 48.6 Å². The number of aromatic hydroxyl groups is 1. The fourth-order valence-corrected chi connectivity index (χ4v) is 5.29. The van der Waals surface area contributed by atoms with E-state index in [-0.39, 0.29) is 17.4 Å². The summed E-state index contributed by atoms with van der Waals surface area (Å²) in [4.78, 5) is 22.4. The van der Waals surface area contributed by atoms with Crippen molar-refractivity contribution in [1.82, 2.24) is 24.3 Å². The Morgan fingerprint density at radius 2 is 1.82 bits per heavy atom. The van der Waals surface area contributed by atoms with Crippen molar-refractivity contribution in [2.75, 3.05) is 10.6 Å². The van der Waals surface area contributed by atoms with E-state index in [1.807, 2.05) is 24.3 Å². The Morgan fingerprint density at radius 1 is 1.02 bits per heavy atom. The third-order valence-corrected chi connectivity index (χ3v) is 7.61. The van der Waals surface area contributed by atoms with Crippen LogP contribution in [0.5, 0.6) is 5.75 Å². The molecule has 0 unspecified atom stereocenters. The van der Waals surface area contributed by atoms with Gasteiger partial charge in [0.15, 0.2) is 5.65 Å². The van der Waals surface area contributed by atoms with Crippen LogP contribution in [-0.4, -0.2) is 35.5 Å². The summed E-state index contributed by atoms with van der Waals surface area (Å²) in [5.41, 5.74) is 2.76. The van der Waals surface area contributed by atoms with Crippen LogP contribution in [0.15, 0.2) is 71.5 Å². The Hall–Kier alpha value is -4.73. The minimum Gasteiger partial charge on any atom is -0.506 e. The van der Waals surface area contributed by atoms with Gasteiger partial charge in [0, 0.05) is 18.7 Å². The fourth-order valence-electron chi connectivity index (χ4n) is 5.29. The lowest BCUT2D eigenvalue weighted by Gasteiger charge is -2.19. The van der Waals surface area contributed by atoms with E-state index >= 15 is 0 Å². The number of aromatic nitrogens is 5. The Morgan fingerprint density at radius 3 is 2.55 bits per heavy atom. The van der Waals surface area contributed by atoms with Crippen LogP contribution >= 0.6 is 0 Å². The van der Waals surface area contributed by atoms with Gasteiger partial charge in [-0.2, -0.15) is 9.37 Å². The summed E-state index contributed by atoms with van der Waals surface area (Å²) in [7, 11) is 1.71. The van der Waals surface area contributed by atoms with Gasteiger partial charge in [0.1, 0.15) is 17.0 Å². The number of phenolic OH excluding ortho intramolecular Hbond substituents is 1. The third-order valence-electron chi connectivity index (χ3n) is 7.61. The highest BCUT2D eigenvalue weighted by Gasteiger charge is 2.26. The van der Waals surface area contributed by atoms with Crippen LogP contribution < -0.4 is 16.2 Å². The monoisotopic (exact) mass is 539 g/mol. The van der Waals surface area contributed by atoms with Gasteiger partial charge in [-0.3, -0.25) is 9.36 Å². The summed E-state index contributed by atoms with van der Waals surface area (Å²) in [6, 6.07) is 19.4. The molecule has 1 saturated carbocycles. The van der Waals surface area contributed by atoms with Crippen LogP contribution in [0.1, 0.15) is 31.7 Å². The molecule has 0 bridgehead atoms. The molecular formula is C30H30FN7O2. The van der Waals surface area contributed by atoms with Crippen molar-refractivity contribution < 1.29 is 9.50 Å². The van der Waals surface area contributed by atoms with Crippen molar-refractivity contribution in [3.05, 3.63) is 88.6 Å². The van der Waals surface area contributed by atoms with E-state index in [2.05, 4.69) is 22.5 Å². The normalized spacial score (nSPS) is 16.9. The summed E-state index contributed by atoms with van der Waals surface area (Å²) in [5, 5.41) is 22.2. The Kier molecular flexibility index (Phi) is 6.67. The number of pyridine rings is 1. The molecule has 2 aromatic carbocycles. The third kappa shape index (κ3) is 4.88. The van der Waals surface area contributed by atoms with Crippen molar-refractivity contribution in [2.45, 2.75) is 38.8 Å². The molecule has 1 fully saturated rings. The number of rotatable bonds is 7. The fraction of sp³-hybridized carbons (Fsp3) is 0.267. The van der Waals surface area contributed by atoms with Crippen LogP contribution in [0.4, 0.5) is 21.8 Å². The standard InChI is InChI=1S/C30H30FN7O2/c1-18-7-5-9-21(18)34-30-35-27-26(29(40)37(30)2)28(33-23-8-3-4-11-24(23)39)38(36-27)17-19-13-15-20(16-14-19)22-10-6-12-25(31)32-22/h3-4,6,8,10-16,18,21,33,39H,5,7,9,17H2,1-2H3,(H,34,35,36)/t18-,21+/m0/s1. The summed E-state index contributed by atoms with van der Waals surface area (Å²) in [5.74, 6) is 0.931. The quantitative estimate of drug-likeness (QED) is 0.187. The molecule has 9 nitrogen and oxygen atoms in total. The SMILES string of the molecule is C[C@H]1CCC[C@H]1Nc1nc2nn(Cc3ccc(-c4cccc(F)n4)cc3)c(Nc3ccccc3O)c2c(=O)n1C. The molecule has 204 valence electrons. The average molecular weight is 540 g/mol. The van der Waals surface area contributed by atoms with Gasteiger partial charge in [-0.15, -0.1) is 5.10 Å². The molecule has 1 aliphatic rings. The topological polar surface area (TPSA) is 110 Å². The maximum Gasteiger partial charge on any atom is 0.268 e. The first kappa shape index (κ1) is 25.5. The van der Waals surface area contributed by atoms with Gasteiger partial charge in [0.2, 0.25) is 11.9 Å². The molecular weight excluding hydrogens is 509 g/mol. The van der Waals surface area contributed by atoms with Crippen LogP contribution in [0.2, 0.25) is 0 Å². The number of phenols is 1. The van der Waals surface area contributed by atoms with E-state index in [1.54, 1.807) is 48.1 Å². The number of nitrogens with zero attached hydrogens (tertiary/aromatic N) is 5. The molecule has 0 aliphatic heterocycles. The number of hydrogen-bond acceptors (Lipinski definition) is 7. The molecule has 6 rings (SSSR count). The van der Waals surface area contributed by atoms with Crippen LogP contribution in [-0.2, 0) is 13.6 Å². The average Bonchev–Trinajstić information content (AvgIpc) is 3.51. The molecule has 0 saturated heterocycles. The highest BCUT2D eigenvalue weighted by molar-refractivity contribution is 5.90. The summed E-state index contributed by atoms with van der Waals surface area (Å²) in [6.45, 7) is 2.54. The Balaban J connectivity index is 1.40. The van der Waals surface area contributed by atoms with E-state index in [0.29, 0.717) is 46.6 Å². The first-order valence-electron chi connectivity index (χ1n) is 13.4. The maximum absolute atomic E-state index is 13.7. The van der Waals surface area contributed by atoms with E-state index in [1.165, 1.54) is 10.6 Å². The number of benzene rings is 2. The number of hydrogen-bond donors (Lipinski definition) is 3.